The van der Waals surface area contributed by atoms with Crippen LogP contribution >= 0.6 is 0 Å². The number of phenolic OH excluding ortho intramolecular Hbond substituents is 2. The van der Waals surface area contributed by atoms with Crippen LogP contribution in [0.3, 0.4) is 0 Å². The highest BCUT2D eigenvalue weighted by Crippen LogP contribution is 2.53. The van der Waals surface area contributed by atoms with Gasteiger partial charge in [0.15, 0.2) is 23.6 Å². The molecule has 7 rings (SSSR count). The standard InChI is InChI=1S/C43H53N3O14/c1-41(39(53)46-16-14-45(3)15-17-46)12-6-5-8-24(11-13-41)58-40(54)44-23-18-30(60-42(2,55)19-23)59-28-21-43(56,29(48)22-47)20-26-32(28)38(52)34-33(36(26)50)35(49)25-9-7-10-27(57-4)31(25)37(34)51/h5,7-10,23-24,28,30,47,50,52,55-56H,6,11-22H2,1-4H3,(H,44,54)/b8-5+/t23?,24-,28+,30-,41+,42?,43+/m1/s1. The number of rotatable bonds is 8. The Balaban J connectivity index is 1.10. The van der Waals surface area contributed by atoms with Crippen molar-refractivity contribution in [2.75, 3.05) is 46.9 Å². The molecule has 5 aliphatic rings. The molecule has 0 spiro atoms. The number of carbonyl (C=O) groups excluding carboxylic acids is 5. The fraction of sp³-hybridized carbons (Fsp3) is 0.558. The molecule has 2 amide bonds. The lowest BCUT2D eigenvalue weighted by Gasteiger charge is -2.43. The van der Waals surface area contributed by atoms with Gasteiger partial charge in [0, 0.05) is 80.0 Å². The van der Waals surface area contributed by atoms with E-state index in [9.17, 15) is 49.5 Å². The Hall–Kier alpha value is -4.91. The number of fused-ring (bicyclic) bond motifs is 3. The van der Waals surface area contributed by atoms with Crippen LogP contribution in [0.15, 0.2) is 30.4 Å². The second kappa shape index (κ2) is 16.5. The quantitative estimate of drug-likeness (QED) is 0.141. The smallest absolute Gasteiger partial charge is 0.407 e. The Morgan fingerprint density at radius 3 is 2.38 bits per heavy atom. The number of aromatic hydroxyl groups is 2. The van der Waals surface area contributed by atoms with Gasteiger partial charge in [-0.05, 0) is 51.8 Å². The maximum absolute atomic E-state index is 14.0. The average Bonchev–Trinajstić information content (AvgIpc) is 3.19. The van der Waals surface area contributed by atoms with E-state index in [-0.39, 0.29) is 46.8 Å². The van der Waals surface area contributed by atoms with Gasteiger partial charge in [-0.1, -0.05) is 25.1 Å². The zero-order chi connectivity index (χ0) is 43.3. The first-order chi connectivity index (χ1) is 28.4. The molecule has 2 aromatic rings. The van der Waals surface area contributed by atoms with Crippen molar-refractivity contribution < 1.29 is 68.5 Å². The summed E-state index contributed by atoms with van der Waals surface area (Å²) in [5.41, 5.74) is -4.79. The minimum atomic E-state index is -2.37. The first kappa shape index (κ1) is 43.2. The maximum atomic E-state index is 14.0. The third kappa shape index (κ3) is 8.13. The Bertz CT molecular complexity index is 2110. The number of allylic oxidation sites excluding steroid dienone is 1. The number of ketones is 3. The molecule has 17 heteroatoms. The van der Waals surface area contributed by atoms with Crippen LogP contribution in [0.1, 0.15) is 108 Å². The van der Waals surface area contributed by atoms with Crippen LogP contribution in [0, 0.1) is 5.41 Å². The molecule has 6 N–H and O–H groups in total. The molecule has 2 heterocycles. The number of Topliss-reactive ketones (excluding diaryl/α,β-unsaturated/α-hetero) is 1. The van der Waals surface area contributed by atoms with Crippen molar-refractivity contribution in [3.63, 3.8) is 0 Å². The summed E-state index contributed by atoms with van der Waals surface area (Å²) in [5, 5.41) is 58.9. The fourth-order valence-electron chi connectivity index (χ4n) is 9.30. The van der Waals surface area contributed by atoms with Crippen LogP contribution in [0.25, 0.3) is 0 Å². The first-order valence-electron chi connectivity index (χ1n) is 20.3. The summed E-state index contributed by atoms with van der Waals surface area (Å²) < 4.78 is 23.3. The summed E-state index contributed by atoms with van der Waals surface area (Å²) >= 11 is 0. The van der Waals surface area contributed by atoms with Gasteiger partial charge in [0.1, 0.15) is 35.6 Å². The number of aliphatic hydroxyl groups excluding tert-OH is 1. The van der Waals surface area contributed by atoms with E-state index in [0.717, 1.165) is 13.1 Å². The number of ether oxygens (including phenoxy) is 4. The Kier molecular flexibility index (Phi) is 11.9. The molecule has 0 saturated carbocycles. The number of carbonyl (C=O) groups is 5. The fourth-order valence-corrected chi connectivity index (χ4v) is 9.30. The van der Waals surface area contributed by atoms with Crippen molar-refractivity contribution in [2.45, 2.75) is 101 Å². The molecule has 0 aromatic heterocycles. The minimum Gasteiger partial charge on any atom is -0.507 e. The van der Waals surface area contributed by atoms with Crippen LogP contribution in [0.5, 0.6) is 17.2 Å². The van der Waals surface area contributed by atoms with Crippen molar-refractivity contribution in [2.24, 2.45) is 5.41 Å². The van der Waals surface area contributed by atoms with Crippen molar-refractivity contribution in [1.29, 1.82) is 0 Å². The first-order valence-corrected chi connectivity index (χ1v) is 20.3. The predicted octanol–water partition coefficient (Wildman–Crippen LogP) is 2.40. The molecule has 0 radical (unpaired) electrons. The lowest BCUT2D eigenvalue weighted by molar-refractivity contribution is -0.322. The zero-order valence-corrected chi connectivity index (χ0v) is 34.2. The van der Waals surface area contributed by atoms with Crippen LogP contribution in [-0.4, -0.2) is 141 Å². The van der Waals surface area contributed by atoms with Crippen molar-refractivity contribution in [3.8, 4) is 17.2 Å². The Morgan fingerprint density at radius 2 is 1.68 bits per heavy atom. The number of nitrogens with zero attached hydrogens (tertiary/aromatic N) is 2. The largest absolute Gasteiger partial charge is 0.507 e. The molecule has 2 aliphatic heterocycles. The highest BCUT2D eigenvalue weighted by atomic mass is 16.7. The summed E-state index contributed by atoms with van der Waals surface area (Å²) in [4.78, 5) is 72.0. The van der Waals surface area contributed by atoms with E-state index in [2.05, 4.69) is 10.2 Å². The number of piperazine rings is 1. The van der Waals surface area contributed by atoms with Crippen molar-refractivity contribution >= 4 is 29.4 Å². The number of aliphatic hydroxyl groups is 3. The molecule has 324 valence electrons. The molecule has 0 bridgehead atoms. The van der Waals surface area contributed by atoms with Crippen molar-refractivity contribution in [3.05, 3.63) is 63.7 Å². The van der Waals surface area contributed by atoms with Gasteiger partial charge in [0.05, 0.1) is 29.9 Å². The highest BCUT2D eigenvalue weighted by molar-refractivity contribution is 6.31. The second-order valence-corrected chi connectivity index (χ2v) is 17.1. The second-order valence-electron chi connectivity index (χ2n) is 17.1. The number of nitrogens with one attached hydrogen (secondary N) is 1. The van der Waals surface area contributed by atoms with E-state index in [1.54, 1.807) is 6.08 Å². The van der Waals surface area contributed by atoms with Gasteiger partial charge in [0.25, 0.3) is 0 Å². The zero-order valence-electron chi connectivity index (χ0n) is 34.2. The van der Waals surface area contributed by atoms with Gasteiger partial charge in [0.2, 0.25) is 11.7 Å². The molecular formula is C43H53N3O14. The topological polar surface area (TPSA) is 242 Å². The summed E-state index contributed by atoms with van der Waals surface area (Å²) in [6.45, 7) is 5.15. The SMILES string of the molecule is COc1cccc2c1C(=O)c1c(O)c3c(c(O)c1C2=O)C[C@@](O)(C(=O)CO)C[C@@H]3O[C@H]1CC(NC(=O)O[C@@H]2/C=C/CC[C@](C)(C(=O)N3CCN(C)CC3)CC2)CC(C)(O)O1. The molecule has 2 fully saturated rings. The summed E-state index contributed by atoms with van der Waals surface area (Å²) in [6, 6.07) is 3.49. The average molecular weight is 836 g/mol. The van der Waals surface area contributed by atoms with Crippen LogP contribution < -0.4 is 10.1 Å². The van der Waals surface area contributed by atoms with Crippen molar-refractivity contribution in [1.82, 2.24) is 15.1 Å². The monoisotopic (exact) mass is 835 g/mol. The van der Waals surface area contributed by atoms with Gasteiger partial charge in [-0.2, -0.15) is 0 Å². The normalized spacial score (nSPS) is 31.1. The summed E-state index contributed by atoms with van der Waals surface area (Å²) in [7, 11) is 3.34. The maximum Gasteiger partial charge on any atom is 0.407 e. The minimum absolute atomic E-state index is 0.0547. The van der Waals surface area contributed by atoms with Crippen LogP contribution in [0.2, 0.25) is 0 Å². The predicted molar refractivity (Wildman–Crippen MR) is 211 cm³/mol. The molecule has 3 aliphatic carbocycles. The lowest BCUT2D eigenvalue weighted by Crippen LogP contribution is -2.53. The number of hydrogen-bond acceptors (Lipinski definition) is 15. The van der Waals surface area contributed by atoms with E-state index in [1.165, 1.54) is 32.2 Å². The van der Waals surface area contributed by atoms with E-state index in [0.29, 0.717) is 38.8 Å². The van der Waals surface area contributed by atoms with E-state index in [1.807, 2.05) is 24.9 Å². The number of methoxy groups -OCH3 is 1. The molecular weight excluding hydrogens is 782 g/mol. The third-order valence-corrected chi connectivity index (χ3v) is 12.6. The van der Waals surface area contributed by atoms with Crippen LogP contribution in [0.4, 0.5) is 4.79 Å². The molecule has 60 heavy (non-hydrogen) atoms. The van der Waals surface area contributed by atoms with Gasteiger partial charge in [-0.3, -0.25) is 19.2 Å². The number of benzene rings is 2. The summed E-state index contributed by atoms with van der Waals surface area (Å²) in [5.74, 6) is -5.95. The lowest BCUT2D eigenvalue weighted by atomic mass is 9.72. The number of alkyl carbamates (subject to hydrolysis) is 1. The van der Waals surface area contributed by atoms with Gasteiger partial charge in [-0.25, -0.2) is 4.79 Å². The molecule has 2 saturated heterocycles. The van der Waals surface area contributed by atoms with E-state index < -0.39 is 107 Å². The third-order valence-electron chi connectivity index (χ3n) is 12.6. The number of hydrogen-bond donors (Lipinski definition) is 6. The molecule has 2 unspecified atom stereocenters. The highest BCUT2D eigenvalue weighted by Gasteiger charge is 2.51. The Labute approximate surface area is 346 Å². The summed E-state index contributed by atoms with van der Waals surface area (Å²) in [6.07, 6.45) is 0.0955. The van der Waals surface area contributed by atoms with Gasteiger partial charge >= 0.3 is 6.09 Å². The number of amides is 2. The van der Waals surface area contributed by atoms with Crippen LogP contribution in [-0.2, 0) is 30.2 Å². The molecule has 2 aromatic carbocycles. The number of phenols is 2. The number of likely N-dealkylation sites (N-methyl/N-ethyl adjacent to an activating group) is 1. The van der Waals surface area contributed by atoms with Gasteiger partial charge < -0.3 is 59.6 Å². The molecule has 17 nitrogen and oxygen atoms in total. The van der Waals surface area contributed by atoms with Gasteiger partial charge in [-0.15, -0.1) is 0 Å². The molecule has 7 atom stereocenters. The van der Waals surface area contributed by atoms with E-state index in [4.69, 9.17) is 18.9 Å². The Morgan fingerprint density at radius 1 is 0.967 bits per heavy atom. The van der Waals surface area contributed by atoms with E-state index >= 15 is 0 Å².